The van der Waals surface area contributed by atoms with Gasteiger partial charge in [0.15, 0.2) is 5.82 Å². The first kappa shape index (κ1) is 19.0. The van der Waals surface area contributed by atoms with Crippen LogP contribution in [-0.2, 0) is 5.41 Å². The van der Waals surface area contributed by atoms with Crippen LogP contribution in [0, 0.1) is 0 Å². The Bertz CT molecular complexity index is 1110. The monoisotopic (exact) mass is 406 g/mol. The summed E-state index contributed by atoms with van der Waals surface area (Å²) < 4.78 is 5.89. The predicted octanol–water partition coefficient (Wildman–Crippen LogP) is 5.14. The number of pyridine rings is 1. The zero-order valence-electron chi connectivity index (χ0n) is 16.0. The number of hydrogen-bond acceptors (Lipinski definition) is 5. The van der Waals surface area contributed by atoms with Crippen molar-refractivity contribution >= 4 is 11.6 Å². The Hall–Kier alpha value is -3.38. The van der Waals surface area contributed by atoms with Crippen molar-refractivity contribution in [3.63, 3.8) is 0 Å². The van der Waals surface area contributed by atoms with Gasteiger partial charge in [0.1, 0.15) is 17.2 Å². The molecule has 0 radical (unpaired) electrons. The van der Waals surface area contributed by atoms with E-state index in [9.17, 15) is 5.11 Å². The van der Waals surface area contributed by atoms with Crippen LogP contribution < -0.4 is 4.74 Å². The van der Waals surface area contributed by atoms with E-state index in [1.165, 1.54) is 4.80 Å². The first-order chi connectivity index (χ1) is 13.9. The quantitative estimate of drug-likeness (QED) is 0.496. The number of halogens is 1. The molecule has 7 heteroatoms. The summed E-state index contributed by atoms with van der Waals surface area (Å²) in [6, 6.07) is 16.8. The fourth-order valence-electron chi connectivity index (χ4n) is 3.06. The molecule has 29 heavy (non-hydrogen) atoms. The summed E-state index contributed by atoms with van der Waals surface area (Å²) in [6.45, 7) is 4.28. The number of hydrogen-bond donors (Lipinski definition) is 1. The third-order valence-electron chi connectivity index (χ3n) is 4.81. The Morgan fingerprint density at radius 2 is 1.48 bits per heavy atom. The lowest BCUT2D eigenvalue weighted by atomic mass is 9.78. The summed E-state index contributed by atoms with van der Waals surface area (Å²) in [5.41, 5.74) is 2.03. The third-order valence-corrected chi connectivity index (χ3v) is 5.08. The van der Waals surface area contributed by atoms with Gasteiger partial charge in [-0.1, -0.05) is 49.7 Å². The largest absolute Gasteiger partial charge is 0.508 e. The summed E-state index contributed by atoms with van der Waals surface area (Å²) in [4.78, 5) is 5.63. The summed E-state index contributed by atoms with van der Waals surface area (Å²) >= 11 is 6.29. The standard InChI is InChI=1S/C22H19ClN4O2/c1-22(2,15-3-7-17(28)8-4-15)16-5-9-18(10-6-16)29-19-13-20(23)21(24-14-19)27-25-11-12-26-27/h3-14,28H,1-2H3. The Kier molecular flexibility index (Phi) is 4.94. The van der Waals surface area contributed by atoms with E-state index in [0.717, 1.165) is 11.1 Å². The first-order valence-corrected chi connectivity index (χ1v) is 9.41. The average Bonchev–Trinajstić information content (AvgIpc) is 3.23. The molecule has 0 bridgehead atoms. The third kappa shape index (κ3) is 3.93. The molecule has 4 aromatic rings. The van der Waals surface area contributed by atoms with Gasteiger partial charge in [-0.2, -0.15) is 10.2 Å². The van der Waals surface area contributed by atoms with Crippen LogP contribution >= 0.6 is 11.6 Å². The molecular formula is C22H19ClN4O2. The van der Waals surface area contributed by atoms with Gasteiger partial charge in [0, 0.05) is 11.5 Å². The Morgan fingerprint density at radius 1 is 0.897 bits per heavy atom. The molecule has 0 spiro atoms. The van der Waals surface area contributed by atoms with Gasteiger partial charge in [0.25, 0.3) is 0 Å². The van der Waals surface area contributed by atoms with Crippen molar-refractivity contribution in [2.75, 3.05) is 0 Å². The van der Waals surface area contributed by atoms with Crippen molar-refractivity contribution in [1.29, 1.82) is 0 Å². The number of nitrogens with zero attached hydrogens (tertiary/aromatic N) is 4. The number of aromatic hydroxyl groups is 1. The molecule has 0 unspecified atom stereocenters. The van der Waals surface area contributed by atoms with Crippen LogP contribution in [0.15, 0.2) is 73.2 Å². The van der Waals surface area contributed by atoms with Gasteiger partial charge in [0.05, 0.1) is 23.6 Å². The van der Waals surface area contributed by atoms with E-state index in [-0.39, 0.29) is 11.2 Å². The summed E-state index contributed by atoms with van der Waals surface area (Å²) in [7, 11) is 0. The molecule has 4 rings (SSSR count). The Balaban J connectivity index is 1.52. The number of ether oxygens (including phenoxy) is 1. The minimum absolute atomic E-state index is 0.213. The molecule has 0 saturated carbocycles. The second-order valence-electron chi connectivity index (χ2n) is 7.09. The maximum Gasteiger partial charge on any atom is 0.193 e. The highest BCUT2D eigenvalue weighted by Gasteiger charge is 2.23. The zero-order valence-corrected chi connectivity index (χ0v) is 16.7. The van der Waals surface area contributed by atoms with Crippen molar-refractivity contribution in [2.45, 2.75) is 19.3 Å². The normalized spacial score (nSPS) is 11.4. The molecule has 0 saturated heterocycles. The van der Waals surface area contributed by atoms with Crippen molar-refractivity contribution in [1.82, 2.24) is 20.0 Å². The van der Waals surface area contributed by atoms with Crippen LogP contribution in [-0.4, -0.2) is 25.1 Å². The molecule has 0 aliphatic carbocycles. The molecule has 6 nitrogen and oxygen atoms in total. The van der Waals surface area contributed by atoms with Crippen molar-refractivity contribution in [3.8, 4) is 23.1 Å². The molecule has 0 aliphatic rings. The fraction of sp³-hybridized carbons (Fsp3) is 0.136. The number of phenolic OH excluding ortho intramolecular Hbond substituents is 1. The number of phenols is 1. The van der Waals surface area contributed by atoms with E-state index < -0.39 is 0 Å². The molecule has 0 atom stereocenters. The predicted molar refractivity (Wildman–Crippen MR) is 111 cm³/mol. The number of benzene rings is 2. The molecular weight excluding hydrogens is 388 g/mol. The second-order valence-corrected chi connectivity index (χ2v) is 7.50. The minimum atomic E-state index is -0.213. The van der Waals surface area contributed by atoms with Crippen molar-refractivity contribution in [2.24, 2.45) is 0 Å². The maximum absolute atomic E-state index is 9.52. The van der Waals surface area contributed by atoms with E-state index in [2.05, 4.69) is 29.0 Å². The fourth-order valence-corrected chi connectivity index (χ4v) is 3.29. The lowest BCUT2D eigenvalue weighted by molar-refractivity contribution is 0.474. The molecule has 2 heterocycles. The van der Waals surface area contributed by atoms with Gasteiger partial charge in [-0.25, -0.2) is 4.98 Å². The first-order valence-electron chi connectivity index (χ1n) is 9.03. The molecule has 2 aromatic heterocycles. The minimum Gasteiger partial charge on any atom is -0.508 e. The van der Waals surface area contributed by atoms with Gasteiger partial charge in [-0.05, 0) is 35.4 Å². The van der Waals surface area contributed by atoms with Crippen LogP contribution in [0.5, 0.6) is 17.2 Å². The van der Waals surface area contributed by atoms with E-state index in [4.69, 9.17) is 16.3 Å². The molecule has 0 fully saturated rings. The van der Waals surface area contributed by atoms with E-state index in [0.29, 0.717) is 22.3 Å². The Morgan fingerprint density at radius 3 is 2.07 bits per heavy atom. The molecule has 2 aromatic carbocycles. The van der Waals surface area contributed by atoms with Gasteiger partial charge in [-0.15, -0.1) is 4.80 Å². The van der Waals surface area contributed by atoms with Gasteiger partial charge >= 0.3 is 0 Å². The second kappa shape index (κ2) is 7.56. The highest BCUT2D eigenvalue weighted by molar-refractivity contribution is 6.32. The highest BCUT2D eigenvalue weighted by atomic mass is 35.5. The molecule has 1 N–H and O–H groups in total. The van der Waals surface area contributed by atoms with Crippen LogP contribution in [0.4, 0.5) is 0 Å². The molecule has 146 valence electrons. The van der Waals surface area contributed by atoms with Gasteiger partial charge < -0.3 is 9.84 Å². The summed E-state index contributed by atoms with van der Waals surface area (Å²) in [5.74, 6) is 1.90. The van der Waals surface area contributed by atoms with Crippen molar-refractivity contribution in [3.05, 3.63) is 89.3 Å². The van der Waals surface area contributed by atoms with Crippen LogP contribution in [0.25, 0.3) is 5.82 Å². The Labute approximate surface area is 173 Å². The highest BCUT2D eigenvalue weighted by Crippen LogP contribution is 2.34. The van der Waals surface area contributed by atoms with E-state index in [1.54, 1.807) is 36.8 Å². The zero-order chi connectivity index (χ0) is 20.4. The number of aromatic nitrogens is 4. The van der Waals surface area contributed by atoms with Crippen LogP contribution in [0.1, 0.15) is 25.0 Å². The summed E-state index contributed by atoms with van der Waals surface area (Å²) in [5, 5.41) is 18.0. The molecule has 0 amide bonds. The number of rotatable bonds is 5. The van der Waals surface area contributed by atoms with Crippen LogP contribution in [0.2, 0.25) is 5.02 Å². The molecule has 0 aliphatic heterocycles. The van der Waals surface area contributed by atoms with Crippen LogP contribution in [0.3, 0.4) is 0 Å². The lowest BCUT2D eigenvalue weighted by Gasteiger charge is -2.26. The average molecular weight is 407 g/mol. The van der Waals surface area contributed by atoms with E-state index in [1.807, 2.05) is 36.4 Å². The van der Waals surface area contributed by atoms with Gasteiger partial charge in [0.2, 0.25) is 0 Å². The topological polar surface area (TPSA) is 73.1 Å². The summed E-state index contributed by atoms with van der Waals surface area (Å²) in [6.07, 6.45) is 4.70. The van der Waals surface area contributed by atoms with Crippen molar-refractivity contribution < 1.29 is 9.84 Å². The SMILES string of the molecule is CC(C)(c1ccc(O)cc1)c1ccc(Oc2cnc(-n3nccn3)c(Cl)c2)cc1. The van der Waals surface area contributed by atoms with E-state index >= 15 is 0 Å². The van der Waals surface area contributed by atoms with Gasteiger partial charge in [-0.3, -0.25) is 0 Å². The maximum atomic E-state index is 9.52. The smallest absolute Gasteiger partial charge is 0.193 e. The lowest BCUT2D eigenvalue weighted by Crippen LogP contribution is -2.18.